The first-order valence-corrected chi connectivity index (χ1v) is 8.83. The van der Waals surface area contributed by atoms with Crippen molar-refractivity contribution in [3.8, 4) is 0 Å². The number of rotatable bonds is 2. The predicted octanol–water partition coefficient (Wildman–Crippen LogP) is 3.15. The van der Waals surface area contributed by atoms with Crippen molar-refractivity contribution in [1.82, 2.24) is 14.9 Å². The highest BCUT2D eigenvalue weighted by atomic mass is 32.1. The number of benzene rings is 1. The van der Waals surface area contributed by atoms with Gasteiger partial charge in [-0.25, -0.2) is 0 Å². The Bertz CT molecular complexity index is 899. The number of H-pyrrole nitrogens is 1. The molecule has 24 heavy (non-hydrogen) atoms. The molecule has 0 spiro atoms. The first-order valence-electron chi connectivity index (χ1n) is 8.42. The monoisotopic (exact) mass is 345 g/mol. The zero-order chi connectivity index (χ0) is 17.4. The molecule has 0 radical (unpaired) electrons. The number of nitrogens with one attached hydrogen (secondary N) is 2. The van der Waals surface area contributed by atoms with Crippen LogP contribution in [-0.2, 0) is 7.05 Å². The van der Waals surface area contributed by atoms with Gasteiger partial charge in [0.1, 0.15) is 0 Å². The van der Waals surface area contributed by atoms with Gasteiger partial charge in [0.25, 0.3) is 11.5 Å². The maximum atomic E-state index is 12.6. The fourth-order valence-corrected chi connectivity index (χ4v) is 3.68. The van der Waals surface area contributed by atoms with E-state index in [-0.39, 0.29) is 17.5 Å². The molecule has 3 unspecified atom stereocenters. The summed E-state index contributed by atoms with van der Waals surface area (Å²) >= 11 is 5.14. The second kappa shape index (κ2) is 6.51. The normalized spacial score (nSPS) is 24.0. The molecule has 2 N–H and O–H groups in total. The average Bonchev–Trinajstić information content (AvgIpc) is 2.56. The Hall–Kier alpha value is -1.95. The minimum absolute atomic E-state index is 0.0946. The smallest absolute Gasteiger partial charge is 0.261 e. The molecular formula is C18H23N3O2S. The van der Waals surface area contributed by atoms with Gasteiger partial charge in [-0.3, -0.25) is 14.2 Å². The molecule has 6 heteroatoms. The standard InChI is InChI=1S/C18H23N3O2S/c1-10-5-4-6-14(11(10)2)19-16(22)12-7-8-13-15(9-12)20-18(24)21(3)17(13)23/h7-11,14H,4-6H2,1-3H3,(H,19,22)(H,20,24). The lowest BCUT2D eigenvalue weighted by Gasteiger charge is -2.34. The molecule has 128 valence electrons. The lowest BCUT2D eigenvalue weighted by Crippen LogP contribution is -2.43. The second-order valence-electron chi connectivity index (χ2n) is 6.90. The van der Waals surface area contributed by atoms with Crippen molar-refractivity contribution in [2.75, 3.05) is 0 Å². The average molecular weight is 345 g/mol. The molecule has 1 aliphatic rings. The highest BCUT2D eigenvalue weighted by molar-refractivity contribution is 7.71. The fourth-order valence-electron chi connectivity index (χ4n) is 3.48. The third-order valence-corrected chi connectivity index (χ3v) is 5.76. The summed E-state index contributed by atoms with van der Waals surface area (Å²) in [5.41, 5.74) is 0.989. The molecular weight excluding hydrogens is 322 g/mol. The largest absolute Gasteiger partial charge is 0.349 e. The molecule has 1 aliphatic carbocycles. The van der Waals surface area contributed by atoms with Gasteiger partial charge in [-0.05, 0) is 48.7 Å². The molecule has 1 amide bonds. The van der Waals surface area contributed by atoms with Gasteiger partial charge in [0, 0.05) is 18.7 Å². The Morgan fingerprint density at radius 2 is 2.08 bits per heavy atom. The third-order valence-electron chi connectivity index (χ3n) is 5.39. The molecule has 3 atom stereocenters. The van der Waals surface area contributed by atoms with Gasteiger partial charge in [0.05, 0.1) is 10.9 Å². The van der Waals surface area contributed by atoms with Gasteiger partial charge in [-0.15, -0.1) is 0 Å². The van der Waals surface area contributed by atoms with Crippen molar-refractivity contribution in [1.29, 1.82) is 0 Å². The van der Waals surface area contributed by atoms with Crippen LogP contribution in [0.5, 0.6) is 0 Å². The Morgan fingerprint density at radius 1 is 1.33 bits per heavy atom. The molecule has 1 aromatic carbocycles. The van der Waals surface area contributed by atoms with Crippen LogP contribution in [-0.4, -0.2) is 21.5 Å². The van der Waals surface area contributed by atoms with Crippen LogP contribution >= 0.6 is 12.2 Å². The van der Waals surface area contributed by atoms with E-state index in [0.29, 0.717) is 33.1 Å². The number of aromatic amines is 1. The molecule has 1 saturated carbocycles. The number of hydrogen-bond donors (Lipinski definition) is 2. The summed E-state index contributed by atoms with van der Waals surface area (Å²) in [7, 11) is 1.63. The third kappa shape index (κ3) is 3.02. The first kappa shape index (κ1) is 16.9. The number of fused-ring (bicyclic) bond motifs is 1. The van der Waals surface area contributed by atoms with E-state index in [0.717, 1.165) is 12.8 Å². The minimum atomic E-state index is -0.157. The van der Waals surface area contributed by atoms with Crippen molar-refractivity contribution in [3.05, 3.63) is 38.9 Å². The molecule has 0 saturated heterocycles. The summed E-state index contributed by atoms with van der Waals surface area (Å²) in [6.45, 7) is 4.45. The molecule has 3 rings (SSSR count). The molecule has 5 nitrogen and oxygen atoms in total. The van der Waals surface area contributed by atoms with Crippen LogP contribution < -0.4 is 10.9 Å². The van der Waals surface area contributed by atoms with Crippen molar-refractivity contribution < 1.29 is 4.79 Å². The number of hydrogen-bond acceptors (Lipinski definition) is 3. The van der Waals surface area contributed by atoms with Gasteiger partial charge in [0.15, 0.2) is 4.77 Å². The van der Waals surface area contributed by atoms with E-state index in [9.17, 15) is 9.59 Å². The second-order valence-corrected chi connectivity index (χ2v) is 7.29. The van der Waals surface area contributed by atoms with Crippen LogP contribution in [0.1, 0.15) is 43.5 Å². The molecule has 1 aromatic heterocycles. The summed E-state index contributed by atoms with van der Waals surface area (Å²) in [4.78, 5) is 27.8. The lowest BCUT2D eigenvalue weighted by molar-refractivity contribution is 0.0891. The van der Waals surface area contributed by atoms with E-state index in [1.165, 1.54) is 11.0 Å². The fraction of sp³-hybridized carbons (Fsp3) is 0.500. The van der Waals surface area contributed by atoms with Gasteiger partial charge in [-0.1, -0.05) is 26.7 Å². The number of carbonyl (C=O) groups is 1. The summed E-state index contributed by atoms with van der Waals surface area (Å²) in [6, 6.07) is 5.30. The van der Waals surface area contributed by atoms with Crippen molar-refractivity contribution in [2.45, 2.75) is 39.2 Å². The summed E-state index contributed by atoms with van der Waals surface area (Å²) in [5.74, 6) is 1.00. The predicted molar refractivity (Wildman–Crippen MR) is 97.8 cm³/mol. The highest BCUT2D eigenvalue weighted by Gasteiger charge is 2.28. The van der Waals surface area contributed by atoms with Gasteiger partial charge < -0.3 is 10.3 Å². The van der Waals surface area contributed by atoms with E-state index in [2.05, 4.69) is 24.1 Å². The van der Waals surface area contributed by atoms with Crippen molar-refractivity contribution in [2.24, 2.45) is 18.9 Å². The summed E-state index contributed by atoms with van der Waals surface area (Å²) < 4.78 is 1.74. The lowest BCUT2D eigenvalue weighted by atomic mass is 9.78. The molecule has 1 fully saturated rings. The topological polar surface area (TPSA) is 66.9 Å². The maximum absolute atomic E-state index is 12.6. The number of aromatic nitrogens is 2. The quantitative estimate of drug-likeness (QED) is 0.822. The molecule has 1 heterocycles. The Kier molecular flexibility index (Phi) is 4.58. The van der Waals surface area contributed by atoms with E-state index in [1.54, 1.807) is 25.2 Å². The van der Waals surface area contributed by atoms with Crippen LogP contribution in [0.15, 0.2) is 23.0 Å². The highest BCUT2D eigenvalue weighted by Crippen LogP contribution is 2.29. The van der Waals surface area contributed by atoms with Crippen LogP contribution in [0.25, 0.3) is 10.9 Å². The van der Waals surface area contributed by atoms with Crippen LogP contribution in [0.2, 0.25) is 0 Å². The maximum Gasteiger partial charge on any atom is 0.261 e. The first-order chi connectivity index (χ1) is 11.4. The summed E-state index contributed by atoms with van der Waals surface area (Å²) in [6.07, 6.45) is 3.40. The zero-order valence-electron chi connectivity index (χ0n) is 14.3. The Morgan fingerprint density at radius 3 is 2.83 bits per heavy atom. The molecule has 0 bridgehead atoms. The zero-order valence-corrected chi connectivity index (χ0v) is 15.1. The number of amides is 1. The van der Waals surface area contributed by atoms with Gasteiger partial charge in [-0.2, -0.15) is 0 Å². The van der Waals surface area contributed by atoms with E-state index in [1.807, 2.05) is 0 Å². The SMILES string of the molecule is CC1CCCC(NC(=O)c2ccc3c(=O)n(C)c(=S)[nH]c3c2)C1C. The number of carbonyl (C=O) groups excluding carboxylic acids is 1. The van der Waals surface area contributed by atoms with Gasteiger partial charge >= 0.3 is 0 Å². The Balaban J connectivity index is 1.89. The van der Waals surface area contributed by atoms with Crippen LogP contribution in [0, 0.1) is 16.6 Å². The molecule has 0 aliphatic heterocycles. The van der Waals surface area contributed by atoms with Crippen LogP contribution in [0.4, 0.5) is 0 Å². The van der Waals surface area contributed by atoms with Gasteiger partial charge in [0.2, 0.25) is 0 Å². The van der Waals surface area contributed by atoms with Crippen molar-refractivity contribution in [3.63, 3.8) is 0 Å². The minimum Gasteiger partial charge on any atom is -0.349 e. The van der Waals surface area contributed by atoms with E-state index < -0.39 is 0 Å². The van der Waals surface area contributed by atoms with E-state index in [4.69, 9.17) is 12.2 Å². The summed E-state index contributed by atoms with van der Waals surface area (Å²) in [5, 5.41) is 3.69. The number of nitrogens with zero attached hydrogens (tertiary/aromatic N) is 1. The molecule has 2 aromatic rings. The van der Waals surface area contributed by atoms with E-state index >= 15 is 0 Å². The van der Waals surface area contributed by atoms with Crippen LogP contribution in [0.3, 0.4) is 0 Å². The Labute approximate surface area is 146 Å². The van der Waals surface area contributed by atoms with Crippen molar-refractivity contribution >= 4 is 29.0 Å².